The third-order valence-corrected chi connectivity index (χ3v) is 6.48. The molecule has 2 rings (SSSR count). The van der Waals surface area contributed by atoms with E-state index in [1.807, 2.05) is 6.92 Å². The number of nitrogens with two attached hydrogens (primary N) is 1. The van der Waals surface area contributed by atoms with Crippen molar-refractivity contribution in [2.45, 2.75) is 51.0 Å². The number of carbonyl (C=O) groups is 1. The number of hydrogen-bond acceptors (Lipinski definition) is 4. The van der Waals surface area contributed by atoms with Gasteiger partial charge in [-0.3, -0.25) is 4.79 Å². The fourth-order valence-corrected chi connectivity index (χ4v) is 4.48. The van der Waals surface area contributed by atoms with E-state index in [1.54, 1.807) is 0 Å². The Bertz CT molecular complexity index is 502. The average Bonchev–Trinajstić information content (AvgIpc) is 2.44. The molecule has 1 amide bonds. The van der Waals surface area contributed by atoms with Crippen LogP contribution in [0.25, 0.3) is 0 Å². The van der Waals surface area contributed by atoms with Crippen LogP contribution in [0.5, 0.6) is 0 Å². The smallest absolute Gasteiger partial charge is 0.224 e. The van der Waals surface area contributed by atoms with E-state index in [2.05, 4.69) is 5.32 Å². The summed E-state index contributed by atoms with van der Waals surface area (Å²) in [6.07, 6.45) is 6.79. The van der Waals surface area contributed by atoms with Crippen LogP contribution in [0.2, 0.25) is 0 Å². The van der Waals surface area contributed by atoms with E-state index in [-0.39, 0.29) is 24.2 Å². The van der Waals surface area contributed by atoms with Crippen LogP contribution >= 0.6 is 12.4 Å². The molecule has 1 aliphatic carbocycles. The Labute approximate surface area is 146 Å². The maximum atomic E-state index is 12.4. The molecule has 0 aromatic rings. The fourth-order valence-electron chi connectivity index (χ4n) is 3.60. The van der Waals surface area contributed by atoms with E-state index in [9.17, 15) is 13.2 Å². The number of hydrogen-bond donors (Lipinski definition) is 2. The molecule has 0 aromatic carbocycles. The predicted molar refractivity (Wildman–Crippen MR) is 93.9 cm³/mol. The van der Waals surface area contributed by atoms with Crippen LogP contribution in [0, 0.1) is 11.8 Å². The van der Waals surface area contributed by atoms with E-state index in [0.717, 1.165) is 38.5 Å². The van der Waals surface area contributed by atoms with Crippen molar-refractivity contribution in [2.24, 2.45) is 17.6 Å². The lowest BCUT2D eigenvalue weighted by Gasteiger charge is -2.37. The molecule has 2 atom stereocenters. The Morgan fingerprint density at radius 2 is 1.87 bits per heavy atom. The Morgan fingerprint density at radius 1 is 1.26 bits per heavy atom. The third kappa shape index (κ3) is 5.59. The standard InChI is InChI=1S/C15H29N3O3S.ClH/c1-15(16)8-4-3-5-13(15)14(19)17-11-12-6-9-18(10-7-12)22(2,20)21;/h12-13H,3-11,16H2,1-2H3,(H,17,19);1H. The van der Waals surface area contributed by atoms with Gasteiger partial charge in [-0.15, -0.1) is 12.4 Å². The van der Waals surface area contributed by atoms with Crippen LogP contribution < -0.4 is 11.1 Å². The molecule has 3 N–H and O–H groups in total. The zero-order valence-electron chi connectivity index (χ0n) is 14.1. The summed E-state index contributed by atoms with van der Waals surface area (Å²) in [5.41, 5.74) is 5.86. The number of piperidine rings is 1. The van der Waals surface area contributed by atoms with Crippen LogP contribution in [0.3, 0.4) is 0 Å². The summed E-state index contributed by atoms with van der Waals surface area (Å²) in [4.78, 5) is 12.4. The van der Waals surface area contributed by atoms with Gasteiger partial charge in [0.25, 0.3) is 0 Å². The van der Waals surface area contributed by atoms with Crippen LogP contribution in [0.15, 0.2) is 0 Å². The van der Waals surface area contributed by atoms with Gasteiger partial charge in [0.2, 0.25) is 15.9 Å². The molecule has 0 bridgehead atoms. The first kappa shape index (κ1) is 20.7. The van der Waals surface area contributed by atoms with Gasteiger partial charge in [0.15, 0.2) is 0 Å². The summed E-state index contributed by atoms with van der Waals surface area (Å²) in [6.45, 7) is 3.71. The molecule has 1 saturated heterocycles. The van der Waals surface area contributed by atoms with Crippen molar-refractivity contribution in [3.05, 3.63) is 0 Å². The SMILES string of the molecule is CC1(N)CCCCC1C(=O)NCC1CCN(S(C)(=O)=O)CC1.Cl. The van der Waals surface area contributed by atoms with Crippen molar-refractivity contribution in [3.8, 4) is 0 Å². The van der Waals surface area contributed by atoms with Crippen molar-refractivity contribution in [1.82, 2.24) is 9.62 Å². The number of sulfonamides is 1. The molecule has 6 nitrogen and oxygen atoms in total. The quantitative estimate of drug-likeness (QED) is 0.778. The highest BCUT2D eigenvalue weighted by molar-refractivity contribution is 7.88. The Hall–Kier alpha value is -0.370. The molecule has 2 unspecified atom stereocenters. The van der Waals surface area contributed by atoms with Gasteiger partial charge in [-0.05, 0) is 38.5 Å². The largest absolute Gasteiger partial charge is 0.356 e. The van der Waals surface area contributed by atoms with Crippen LogP contribution in [-0.4, -0.2) is 50.1 Å². The number of nitrogens with zero attached hydrogens (tertiary/aromatic N) is 1. The molecular formula is C15H30ClN3O3S. The van der Waals surface area contributed by atoms with Gasteiger partial charge < -0.3 is 11.1 Å². The Balaban J connectivity index is 0.00000264. The van der Waals surface area contributed by atoms with Crippen molar-refractivity contribution in [1.29, 1.82) is 0 Å². The van der Waals surface area contributed by atoms with Crippen molar-refractivity contribution < 1.29 is 13.2 Å². The van der Waals surface area contributed by atoms with Crippen molar-refractivity contribution in [3.63, 3.8) is 0 Å². The first-order chi connectivity index (χ1) is 10.2. The molecule has 23 heavy (non-hydrogen) atoms. The van der Waals surface area contributed by atoms with Crippen LogP contribution in [0.4, 0.5) is 0 Å². The average molecular weight is 368 g/mol. The first-order valence-electron chi connectivity index (χ1n) is 8.22. The van der Waals surface area contributed by atoms with Gasteiger partial charge in [-0.2, -0.15) is 0 Å². The zero-order chi connectivity index (χ0) is 16.4. The molecule has 2 aliphatic rings. The lowest BCUT2D eigenvalue weighted by molar-refractivity contribution is -0.128. The molecular weight excluding hydrogens is 338 g/mol. The Kier molecular flexibility index (Phi) is 7.32. The summed E-state index contributed by atoms with van der Waals surface area (Å²) < 4.78 is 24.5. The van der Waals surface area contributed by atoms with Gasteiger partial charge >= 0.3 is 0 Å². The molecule has 8 heteroatoms. The molecule has 0 aromatic heterocycles. The third-order valence-electron chi connectivity index (χ3n) is 5.18. The van der Waals surface area contributed by atoms with Crippen molar-refractivity contribution in [2.75, 3.05) is 25.9 Å². The van der Waals surface area contributed by atoms with E-state index in [4.69, 9.17) is 5.73 Å². The van der Waals surface area contributed by atoms with E-state index in [0.29, 0.717) is 25.6 Å². The second kappa shape index (κ2) is 8.14. The lowest BCUT2D eigenvalue weighted by Crippen LogP contribution is -2.53. The van der Waals surface area contributed by atoms with Crippen molar-refractivity contribution >= 4 is 28.3 Å². The summed E-state index contributed by atoms with van der Waals surface area (Å²) in [5, 5.41) is 3.04. The minimum Gasteiger partial charge on any atom is -0.356 e. The highest BCUT2D eigenvalue weighted by atomic mass is 35.5. The topological polar surface area (TPSA) is 92.5 Å². The predicted octanol–water partition coefficient (Wildman–Crippen LogP) is 1.10. The van der Waals surface area contributed by atoms with Gasteiger partial charge in [-0.1, -0.05) is 12.8 Å². The minimum atomic E-state index is -3.08. The number of nitrogens with one attached hydrogen (secondary N) is 1. The van der Waals surface area contributed by atoms with Crippen LogP contribution in [-0.2, 0) is 14.8 Å². The maximum Gasteiger partial charge on any atom is 0.224 e. The first-order valence-corrected chi connectivity index (χ1v) is 10.1. The molecule has 2 fully saturated rings. The van der Waals surface area contributed by atoms with E-state index < -0.39 is 15.6 Å². The number of halogens is 1. The van der Waals surface area contributed by atoms with Gasteiger partial charge in [-0.25, -0.2) is 12.7 Å². The lowest BCUT2D eigenvalue weighted by atomic mass is 9.74. The highest BCUT2D eigenvalue weighted by Gasteiger charge is 2.37. The number of carbonyl (C=O) groups excluding carboxylic acids is 1. The fraction of sp³-hybridized carbons (Fsp3) is 0.933. The van der Waals surface area contributed by atoms with Gasteiger partial charge in [0.1, 0.15) is 0 Å². The number of rotatable bonds is 4. The summed E-state index contributed by atoms with van der Waals surface area (Å²) in [7, 11) is -3.08. The summed E-state index contributed by atoms with van der Waals surface area (Å²) >= 11 is 0. The molecule has 1 heterocycles. The van der Waals surface area contributed by atoms with Crippen LogP contribution in [0.1, 0.15) is 45.4 Å². The summed E-state index contributed by atoms with van der Waals surface area (Å²) in [6, 6.07) is 0. The molecule has 1 saturated carbocycles. The Morgan fingerprint density at radius 3 is 2.39 bits per heavy atom. The molecule has 0 spiro atoms. The summed E-state index contributed by atoms with van der Waals surface area (Å²) in [5.74, 6) is 0.321. The normalized spacial score (nSPS) is 30.5. The molecule has 0 radical (unpaired) electrons. The zero-order valence-corrected chi connectivity index (χ0v) is 15.7. The number of amides is 1. The van der Waals surface area contributed by atoms with E-state index >= 15 is 0 Å². The van der Waals surface area contributed by atoms with Gasteiger partial charge in [0.05, 0.1) is 12.2 Å². The maximum absolute atomic E-state index is 12.4. The molecule has 136 valence electrons. The second-order valence-electron chi connectivity index (χ2n) is 7.15. The second-order valence-corrected chi connectivity index (χ2v) is 9.14. The van der Waals surface area contributed by atoms with Gasteiger partial charge in [0, 0.05) is 25.2 Å². The monoisotopic (exact) mass is 367 g/mol. The molecule has 1 aliphatic heterocycles. The van der Waals surface area contributed by atoms with E-state index in [1.165, 1.54) is 10.6 Å². The minimum absolute atomic E-state index is 0. The highest BCUT2D eigenvalue weighted by Crippen LogP contribution is 2.31.